The zero-order valence-electron chi connectivity index (χ0n) is 9.22. The Balaban J connectivity index is 2.14. The molecule has 0 heterocycles. The van der Waals surface area contributed by atoms with E-state index in [1.54, 1.807) is 18.2 Å². The molecule has 1 fully saturated rings. The molecule has 2 rings (SSSR count). The molecule has 86 valence electrons. The van der Waals surface area contributed by atoms with E-state index in [2.05, 4.69) is 28.2 Å². The van der Waals surface area contributed by atoms with Crippen molar-refractivity contribution in [2.75, 3.05) is 5.73 Å². The van der Waals surface area contributed by atoms with Gasteiger partial charge in [-0.2, -0.15) is 0 Å². The van der Waals surface area contributed by atoms with E-state index in [9.17, 15) is 4.79 Å². The van der Waals surface area contributed by atoms with Gasteiger partial charge in [-0.25, -0.2) is 0 Å². The van der Waals surface area contributed by atoms with Crippen LogP contribution in [0, 0.1) is 0 Å². The minimum Gasteiger partial charge on any atom is -0.399 e. The predicted molar refractivity (Wildman–Crippen MR) is 68.3 cm³/mol. The van der Waals surface area contributed by atoms with Crippen molar-refractivity contribution < 1.29 is 4.79 Å². The summed E-state index contributed by atoms with van der Waals surface area (Å²) >= 11 is 3.33. The predicted octanol–water partition coefficient (Wildman–Crippen LogP) is 2.70. The van der Waals surface area contributed by atoms with Crippen LogP contribution in [0.5, 0.6) is 0 Å². The highest BCUT2D eigenvalue weighted by Crippen LogP contribution is 2.31. The number of halogens is 1. The molecule has 0 spiro atoms. The number of nitrogen functional groups attached to an aromatic ring is 1. The van der Waals surface area contributed by atoms with Gasteiger partial charge in [0.05, 0.1) is 0 Å². The van der Waals surface area contributed by atoms with Crippen molar-refractivity contribution in [3.63, 3.8) is 0 Å². The molecule has 0 unspecified atom stereocenters. The summed E-state index contributed by atoms with van der Waals surface area (Å²) in [7, 11) is 0. The van der Waals surface area contributed by atoms with Crippen LogP contribution in [0.15, 0.2) is 22.7 Å². The molecule has 0 bridgehead atoms. The highest BCUT2D eigenvalue weighted by atomic mass is 79.9. The van der Waals surface area contributed by atoms with Gasteiger partial charge in [-0.05, 0) is 44.4 Å². The first-order valence-electron chi connectivity index (χ1n) is 5.37. The minimum atomic E-state index is -0.0461. The first-order valence-corrected chi connectivity index (χ1v) is 6.16. The van der Waals surface area contributed by atoms with E-state index >= 15 is 0 Å². The van der Waals surface area contributed by atoms with Gasteiger partial charge in [0.1, 0.15) is 0 Å². The molecule has 1 amide bonds. The molecule has 0 aliphatic heterocycles. The van der Waals surface area contributed by atoms with Gasteiger partial charge in [-0.3, -0.25) is 4.79 Å². The lowest BCUT2D eigenvalue weighted by atomic mass is 9.78. The number of hydrogen-bond donors (Lipinski definition) is 2. The summed E-state index contributed by atoms with van der Waals surface area (Å²) in [5.74, 6) is -0.0461. The first kappa shape index (κ1) is 11.5. The van der Waals surface area contributed by atoms with Gasteiger partial charge in [0.15, 0.2) is 0 Å². The van der Waals surface area contributed by atoms with E-state index in [1.807, 2.05) is 0 Å². The second-order valence-electron chi connectivity index (χ2n) is 4.64. The molecule has 4 heteroatoms. The average Bonchev–Trinajstić information content (AvgIpc) is 2.13. The van der Waals surface area contributed by atoms with Crippen LogP contribution in [-0.2, 0) is 0 Å². The Bertz CT molecular complexity index is 407. The summed E-state index contributed by atoms with van der Waals surface area (Å²) in [6, 6.07) is 5.26. The van der Waals surface area contributed by atoms with Gasteiger partial charge in [-0.1, -0.05) is 15.9 Å². The third kappa shape index (κ3) is 2.38. The number of nitrogens with one attached hydrogen (secondary N) is 1. The largest absolute Gasteiger partial charge is 0.399 e. The van der Waals surface area contributed by atoms with E-state index in [-0.39, 0.29) is 11.4 Å². The molecule has 0 aromatic heterocycles. The topological polar surface area (TPSA) is 55.1 Å². The van der Waals surface area contributed by atoms with Gasteiger partial charge in [-0.15, -0.1) is 0 Å². The fourth-order valence-corrected chi connectivity index (χ4v) is 2.43. The van der Waals surface area contributed by atoms with Gasteiger partial charge in [0, 0.05) is 21.3 Å². The summed E-state index contributed by atoms with van der Waals surface area (Å²) < 4.78 is 0.830. The monoisotopic (exact) mass is 282 g/mol. The zero-order valence-corrected chi connectivity index (χ0v) is 10.8. The number of hydrogen-bond acceptors (Lipinski definition) is 2. The summed E-state index contributed by atoms with van der Waals surface area (Å²) in [6.07, 6.45) is 3.31. The molecule has 1 aliphatic carbocycles. The number of benzene rings is 1. The molecular weight excluding hydrogens is 268 g/mol. The van der Waals surface area contributed by atoms with Gasteiger partial charge < -0.3 is 11.1 Å². The van der Waals surface area contributed by atoms with E-state index < -0.39 is 0 Å². The number of nitrogens with two attached hydrogens (primary N) is 1. The van der Waals surface area contributed by atoms with Gasteiger partial charge in [0.25, 0.3) is 5.91 Å². The molecule has 3 N–H and O–H groups in total. The maximum Gasteiger partial charge on any atom is 0.251 e. The van der Waals surface area contributed by atoms with E-state index in [4.69, 9.17) is 5.73 Å². The molecule has 1 aromatic rings. The van der Waals surface area contributed by atoms with Crippen LogP contribution in [0.4, 0.5) is 5.69 Å². The summed E-state index contributed by atoms with van der Waals surface area (Å²) in [5, 5.41) is 3.05. The Morgan fingerprint density at radius 2 is 2.12 bits per heavy atom. The normalized spacial score (nSPS) is 17.6. The molecule has 0 saturated heterocycles. The minimum absolute atomic E-state index is 0.0197. The molecular formula is C12H15BrN2O. The van der Waals surface area contributed by atoms with Gasteiger partial charge >= 0.3 is 0 Å². The standard InChI is InChI=1S/C12H15BrN2O/c1-12(3-2-4-12)15-11(16)8-5-9(13)7-10(14)6-8/h5-7H,2-4,14H2,1H3,(H,15,16). The van der Waals surface area contributed by atoms with Crippen LogP contribution in [0.25, 0.3) is 0 Å². The smallest absolute Gasteiger partial charge is 0.251 e. The zero-order chi connectivity index (χ0) is 11.8. The first-order chi connectivity index (χ1) is 7.48. The summed E-state index contributed by atoms with van der Waals surface area (Å²) in [5.41, 5.74) is 6.88. The summed E-state index contributed by atoms with van der Waals surface area (Å²) in [4.78, 5) is 12.0. The molecule has 16 heavy (non-hydrogen) atoms. The number of rotatable bonds is 2. The van der Waals surface area contributed by atoms with Crippen molar-refractivity contribution in [3.8, 4) is 0 Å². The molecule has 3 nitrogen and oxygen atoms in total. The molecule has 1 aliphatic rings. The highest BCUT2D eigenvalue weighted by molar-refractivity contribution is 9.10. The highest BCUT2D eigenvalue weighted by Gasteiger charge is 2.33. The third-order valence-corrected chi connectivity index (χ3v) is 3.51. The molecule has 0 atom stereocenters. The lowest BCUT2D eigenvalue weighted by molar-refractivity contribution is 0.0850. The van der Waals surface area contributed by atoms with Crippen LogP contribution in [0.2, 0.25) is 0 Å². The van der Waals surface area contributed by atoms with Crippen molar-refractivity contribution in [2.45, 2.75) is 31.7 Å². The lowest BCUT2D eigenvalue weighted by Gasteiger charge is -2.39. The summed E-state index contributed by atoms with van der Waals surface area (Å²) in [6.45, 7) is 2.08. The van der Waals surface area contributed by atoms with Gasteiger partial charge in [0.2, 0.25) is 0 Å². The maximum absolute atomic E-state index is 12.0. The average molecular weight is 283 g/mol. The number of anilines is 1. The van der Waals surface area contributed by atoms with Crippen LogP contribution >= 0.6 is 15.9 Å². The van der Waals surface area contributed by atoms with E-state index in [0.717, 1.165) is 17.3 Å². The third-order valence-electron chi connectivity index (χ3n) is 3.05. The number of amides is 1. The van der Waals surface area contributed by atoms with Crippen LogP contribution in [0.1, 0.15) is 36.5 Å². The quantitative estimate of drug-likeness (QED) is 0.820. The van der Waals surface area contributed by atoms with E-state index in [0.29, 0.717) is 11.3 Å². The second kappa shape index (κ2) is 4.09. The Hall–Kier alpha value is -1.03. The molecule has 1 saturated carbocycles. The van der Waals surface area contributed by atoms with Crippen molar-refractivity contribution in [1.82, 2.24) is 5.32 Å². The second-order valence-corrected chi connectivity index (χ2v) is 5.56. The van der Waals surface area contributed by atoms with Crippen molar-refractivity contribution >= 4 is 27.5 Å². The van der Waals surface area contributed by atoms with Crippen molar-refractivity contribution in [3.05, 3.63) is 28.2 Å². The van der Waals surface area contributed by atoms with Crippen LogP contribution < -0.4 is 11.1 Å². The Morgan fingerprint density at radius 1 is 1.44 bits per heavy atom. The lowest BCUT2D eigenvalue weighted by Crippen LogP contribution is -2.50. The Labute approximate surface area is 104 Å². The Kier molecular flexibility index (Phi) is 2.93. The van der Waals surface area contributed by atoms with Crippen LogP contribution in [-0.4, -0.2) is 11.4 Å². The van der Waals surface area contributed by atoms with Crippen LogP contribution in [0.3, 0.4) is 0 Å². The number of carbonyl (C=O) groups excluding carboxylic acids is 1. The van der Waals surface area contributed by atoms with E-state index in [1.165, 1.54) is 6.42 Å². The maximum atomic E-state index is 12.0. The fraction of sp³-hybridized carbons (Fsp3) is 0.417. The molecule has 1 aromatic carbocycles. The number of carbonyl (C=O) groups is 1. The molecule has 0 radical (unpaired) electrons. The SMILES string of the molecule is CC1(NC(=O)c2cc(N)cc(Br)c2)CCC1. The van der Waals surface area contributed by atoms with Crippen molar-refractivity contribution in [2.24, 2.45) is 0 Å². The Morgan fingerprint density at radius 3 is 2.62 bits per heavy atom. The fourth-order valence-electron chi connectivity index (χ4n) is 1.92. The van der Waals surface area contributed by atoms with Crippen molar-refractivity contribution in [1.29, 1.82) is 0 Å².